The Labute approximate surface area is 158 Å². The number of benzene rings is 2. The summed E-state index contributed by atoms with van der Waals surface area (Å²) in [5, 5.41) is 12.7. The Morgan fingerprint density at radius 3 is 2.70 bits per heavy atom. The van der Waals surface area contributed by atoms with Crippen LogP contribution in [0.1, 0.15) is 24.4 Å². The molecule has 0 bridgehead atoms. The van der Waals surface area contributed by atoms with Crippen molar-refractivity contribution in [1.82, 2.24) is 24.5 Å². The van der Waals surface area contributed by atoms with Crippen LogP contribution in [0.25, 0.3) is 10.8 Å². The van der Waals surface area contributed by atoms with Crippen molar-refractivity contribution < 1.29 is 4.39 Å². The van der Waals surface area contributed by atoms with E-state index in [-0.39, 0.29) is 24.0 Å². The average molecular weight is 381 g/mol. The maximum atomic E-state index is 13.2. The van der Waals surface area contributed by atoms with Gasteiger partial charge in [-0.1, -0.05) is 30.3 Å². The molecule has 0 fully saturated rings. The molecule has 136 valence electrons. The van der Waals surface area contributed by atoms with Gasteiger partial charge in [0.2, 0.25) is 0 Å². The van der Waals surface area contributed by atoms with Crippen LogP contribution in [0.15, 0.2) is 59.5 Å². The Balaban J connectivity index is 1.74. The molecule has 4 rings (SSSR count). The zero-order valence-electron chi connectivity index (χ0n) is 14.5. The summed E-state index contributed by atoms with van der Waals surface area (Å²) in [6.45, 7) is 2.11. The summed E-state index contributed by atoms with van der Waals surface area (Å²) in [6.07, 6.45) is 1.66. The Kier molecular flexibility index (Phi) is 4.41. The summed E-state index contributed by atoms with van der Waals surface area (Å²) < 4.78 is 16.8. The van der Waals surface area contributed by atoms with Crippen LogP contribution in [-0.2, 0) is 6.54 Å². The van der Waals surface area contributed by atoms with Gasteiger partial charge >= 0.3 is 0 Å². The second-order valence-corrected chi connectivity index (χ2v) is 6.62. The number of nitrogens with one attached hydrogen (secondary N) is 1. The highest BCUT2D eigenvalue weighted by Gasteiger charge is 2.16. The summed E-state index contributed by atoms with van der Waals surface area (Å²) in [6, 6.07) is 13.4. The predicted octanol–water partition coefficient (Wildman–Crippen LogP) is 3.45. The highest BCUT2D eigenvalue weighted by atomic mass is 32.1. The van der Waals surface area contributed by atoms with E-state index in [9.17, 15) is 9.18 Å². The van der Waals surface area contributed by atoms with Crippen LogP contribution in [0.2, 0.25) is 0 Å². The minimum atomic E-state index is -0.297. The molecule has 0 spiro atoms. The first kappa shape index (κ1) is 17.3. The van der Waals surface area contributed by atoms with E-state index in [0.717, 1.165) is 10.9 Å². The topological polar surface area (TPSA) is 68.5 Å². The standard InChI is InChI=1S/C19H16FN5OS/c1-12(13-6-8-15(20)9-7-13)25-17(22-23-19(25)27)11-24-18(26)16-5-3-2-4-14(16)10-21-24/h2-10,12H,11H2,1H3,(H,23,27)/t12-/m0/s1. The molecule has 0 saturated heterocycles. The van der Waals surface area contributed by atoms with Gasteiger partial charge in [-0.05, 0) is 42.9 Å². The minimum absolute atomic E-state index is 0.169. The smallest absolute Gasteiger partial charge is 0.275 e. The Bertz CT molecular complexity index is 1230. The molecule has 0 radical (unpaired) electrons. The van der Waals surface area contributed by atoms with E-state index in [0.29, 0.717) is 16.0 Å². The summed E-state index contributed by atoms with van der Waals surface area (Å²) in [5.74, 6) is 0.274. The number of halogens is 1. The summed E-state index contributed by atoms with van der Waals surface area (Å²) in [4.78, 5) is 12.7. The summed E-state index contributed by atoms with van der Waals surface area (Å²) in [5.41, 5.74) is 0.692. The molecule has 6 nitrogen and oxygen atoms in total. The lowest BCUT2D eigenvalue weighted by atomic mass is 10.1. The fraction of sp³-hybridized carbons (Fsp3) is 0.158. The van der Waals surface area contributed by atoms with Crippen molar-refractivity contribution >= 4 is 23.0 Å². The zero-order valence-corrected chi connectivity index (χ0v) is 15.3. The van der Waals surface area contributed by atoms with Gasteiger partial charge in [0.25, 0.3) is 5.56 Å². The summed E-state index contributed by atoms with van der Waals surface area (Å²) in [7, 11) is 0. The van der Waals surface area contributed by atoms with Crippen LogP contribution >= 0.6 is 12.2 Å². The number of nitrogens with zero attached hydrogens (tertiary/aromatic N) is 4. The highest BCUT2D eigenvalue weighted by Crippen LogP contribution is 2.20. The van der Waals surface area contributed by atoms with Crippen molar-refractivity contribution in [2.45, 2.75) is 19.5 Å². The molecule has 2 aromatic heterocycles. The Morgan fingerprint density at radius 2 is 1.93 bits per heavy atom. The number of hydrogen-bond donors (Lipinski definition) is 1. The first-order valence-corrected chi connectivity index (χ1v) is 8.81. The van der Waals surface area contributed by atoms with Crippen molar-refractivity contribution in [1.29, 1.82) is 0 Å². The predicted molar refractivity (Wildman–Crippen MR) is 103 cm³/mol. The van der Waals surface area contributed by atoms with Gasteiger partial charge in [0.15, 0.2) is 10.6 Å². The lowest BCUT2D eigenvalue weighted by molar-refractivity contribution is 0.544. The molecule has 1 atom stereocenters. The first-order chi connectivity index (χ1) is 13.0. The monoisotopic (exact) mass is 381 g/mol. The van der Waals surface area contributed by atoms with E-state index in [2.05, 4.69) is 15.3 Å². The maximum Gasteiger partial charge on any atom is 0.275 e. The van der Waals surface area contributed by atoms with Crippen molar-refractivity contribution in [3.05, 3.63) is 87.1 Å². The maximum absolute atomic E-state index is 13.2. The highest BCUT2D eigenvalue weighted by molar-refractivity contribution is 7.71. The molecular weight excluding hydrogens is 365 g/mol. The second kappa shape index (κ2) is 6.88. The molecule has 8 heteroatoms. The SMILES string of the molecule is C[C@@H](c1ccc(F)cc1)n1c(Cn2ncc3ccccc3c2=O)n[nH]c1=S. The number of rotatable bonds is 4. The van der Waals surface area contributed by atoms with Crippen LogP contribution in [0, 0.1) is 10.6 Å². The average Bonchev–Trinajstić information content (AvgIpc) is 3.04. The van der Waals surface area contributed by atoms with E-state index in [1.54, 1.807) is 24.4 Å². The number of hydrogen-bond acceptors (Lipinski definition) is 4. The molecule has 27 heavy (non-hydrogen) atoms. The van der Waals surface area contributed by atoms with Gasteiger partial charge in [0.1, 0.15) is 12.4 Å². The normalized spacial score (nSPS) is 12.4. The van der Waals surface area contributed by atoms with Gasteiger partial charge in [-0.2, -0.15) is 10.2 Å². The number of fused-ring (bicyclic) bond motifs is 1. The third-order valence-corrected chi connectivity index (χ3v) is 4.86. The number of aromatic nitrogens is 5. The largest absolute Gasteiger partial charge is 0.295 e. The van der Waals surface area contributed by atoms with E-state index in [1.807, 2.05) is 29.7 Å². The van der Waals surface area contributed by atoms with E-state index in [4.69, 9.17) is 12.2 Å². The van der Waals surface area contributed by atoms with Crippen molar-refractivity contribution in [2.24, 2.45) is 0 Å². The van der Waals surface area contributed by atoms with E-state index in [1.165, 1.54) is 16.8 Å². The fourth-order valence-corrected chi connectivity index (χ4v) is 3.42. The molecule has 0 aliphatic carbocycles. The van der Waals surface area contributed by atoms with E-state index < -0.39 is 0 Å². The molecule has 0 saturated carbocycles. The van der Waals surface area contributed by atoms with Gasteiger partial charge in [-0.15, -0.1) is 0 Å². The molecule has 1 N–H and O–H groups in total. The lowest BCUT2D eigenvalue weighted by Gasteiger charge is -2.16. The molecule has 0 amide bonds. The summed E-state index contributed by atoms with van der Waals surface area (Å²) >= 11 is 5.36. The fourth-order valence-electron chi connectivity index (χ4n) is 3.11. The quantitative estimate of drug-likeness (QED) is 0.550. The van der Waals surface area contributed by atoms with Crippen LogP contribution in [-0.4, -0.2) is 24.5 Å². The third-order valence-electron chi connectivity index (χ3n) is 4.57. The van der Waals surface area contributed by atoms with Crippen LogP contribution < -0.4 is 5.56 Å². The van der Waals surface area contributed by atoms with Gasteiger partial charge in [0, 0.05) is 5.39 Å². The molecule has 4 aromatic rings. The van der Waals surface area contributed by atoms with Gasteiger partial charge in [-0.3, -0.25) is 14.5 Å². The second-order valence-electron chi connectivity index (χ2n) is 6.24. The van der Waals surface area contributed by atoms with Gasteiger partial charge in [-0.25, -0.2) is 9.07 Å². The molecule has 2 aromatic carbocycles. The molecule has 0 unspecified atom stereocenters. The van der Waals surface area contributed by atoms with E-state index >= 15 is 0 Å². The van der Waals surface area contributed by atoms with Crippen molar-refractivity contribution in [2.75, 3.05) is 0 Å². The Morgan fingerprint density at radius 1 is 1.19 bits per heavy atom. The van der Waals surface area contributed by atoms with Crippen molar-refractivity contribution in [3.8, 4) is 0 Å². The molecular formula is C19H16FN5OS. The van der Waals surface area contributed by atoms with Gasteiger partial charge in [0.05, 0.1) is 17.6 Å². The van der Waals surface area contributed by atoms with Gasteiger partial charge < -0.3 is 0 Å². The molecule has 0 aliphatic heterocycles. The van der Waals surface area contributed by atoms with Crippen LogP contribution in [0.5, 0.6) is 0 Å². The van der Waals surface area contributed by atoms with Crippen molar-refractivity contribution in [3.63, 3.8) is 0 Å². The van der Waals surface area contributed by atoms with Crippen LogP contribution in [0.3, 0.4) is 0 Å². The van der Waals surface area contributed by atoms with Crippen LogP contribution in [0.4, 0.5) is 4.39 Å². The molecule has 2 heterocycles. The lowest BCUT2D eigenvalue weighted by Crippen LogP contribution is -2.25. The number of aromatic amines is 1. The zero-order chi connectivity index (χ0) is 19.0. The minimum Gasteiger partial charge on any atom is -0.295 e. The Hall–Kier alpha value is -3.13. The third kappa shape index (κ3) is 3.19. The number of H-pyrrole nitrogens is 1. The first-order valence-electron chi connectivity index (χ1n) is 8.40. The molecule has 0 aliphatic rings.